The molecule has 0 aromatic heterocycles. The summed E-state index contributed by atoms with van der Waals surface area (Å²) in [4.78, 5) is -0.128. The molecule has 6 heteroatoms. The van der Waals surface area contributed by atoms with Gasteiger partial charge in [0.1, 0.15) is 11.6 Å². The Morgan fingerprint density at radius 1 is 1.00 bits per heavy atom. The summed E-state index contributed by atoms with van der Waals surface area (Å²) in [5.74, 6) is -1.20. The van der Waals surface area contributed by atoms with Crippen LogP contribution in [0, 0.1) is 18.6 Å². The third-order valence-corrected chi connectivity index (χ3v) is 3.95. The number of hydrogen-bond acceptors (Lipinski definition) is 2. The molecule has 0 bridgehead atoms. The van der Waals surface area contributed by atoms with Crippen LogP contribution in [0.2, 0.25) is 0 Å². The minimum absolute atomic E-state index is 0.105. The summed E-state index contributed by atoms with van der Waals surface area (Å²) in [6, 6.07) is 8.54. The fourth-order valence-electron chi connectivity index (χ4n) is 1.57. The maximum Gasteiger partial charge on any atom is 0.261 e. The Labute approximate surface area is 109 Å². The first kappa shape index (κ1) is 13.5. The lowest BCUT2D eigenvalue weighted by atomic mass is 10.2. The van der Waals surface area contributed by atoms with Gasteiger partial charge in [-0.3, -0.25) is 4.72 Å². The van der Waals surface area contributed by atoms with Gasteiger partial charge in [0.05, 0.1) is 10.6 Å². The van der Waals surface area contributed by atoms with Crippen LogP contribution in [0.1, 0.15) is 5.56 Å². The van der Waals surface area contributed by atoms with E-state index in [4.69, 9.17) is 0 Å². The summed E-state index contributed by atoms with van der Waals surface area (Å²) in [6.45, 7) is 1.59. The number of hydrogen-bond donors (Lipinski definition) is 1. The summed E-state index contributed by atoms with van der Waals surface area (Å²) in [5, 5.41) is 0. The van der Waals surface area contributed by atoms with Crippen molar-refractivity contribution in [3.8, 4) is 0 Å². The molecule has 2 aromatic carbocycles. The average Bonchev–Trinajstić information content (AvgIpc) is 2.35. The molecule has 0 aliphatic carbocycles. The molecule has 0 radical (unpaired) electrons. The number of halogens is 2. The van der Waals surface area contributed by atoms with E-state index in [0.29, 0.717) is 5.56 Å². The van der Waals surface area contributed by atoms with Gasteiger partial charge < -0.3 is 0 Å². The second kappa shape index (κ2) is 4.97. The minimum Gasteiger partial charge on any atom is -0.276 e. The van der Waals surface area contributed by atoms with Crippen molar-refractivity contribution in [1.82, 2.24) is 0 Å². The monoisotopic (exact) mass is 283 g/mol. The normalized spacial score (nSPS) is 11.3. The van der Waals surface area contributed by atoms with E-state index in [1.165, 1.54) is 6.07 Å². The predicted molar refractivity (Wildman–Crippen MR) is 68.3 cm³/mol. The molecule has 0 saturated carbocycles. The maximum atomic E-state index is 13.6. The minimum atomic E-state index is -3.93. The molecule has 2 aromatic rings. The molecule has 0 heterocycles. The van der Waals surface area contributed by atoms with Gasteiger partial charge in [0.15, 0.2) is 0 Å². The van der Waals surface area contributed by atoms with E-state index >= 15 is 0 Å². The van der Waals surface area contributed by atoms with Crippen LogP contribution >= 0.6 is 0 Å². The van der Waals surface area contributed by atoms with E-state index in [-0.39, 0.29) is 10.6 Å². The maximum absolute atomic E-state index is 13.6. The Balaban J connectivity index is 2.39. The van der Waals surface area contributed by atoms with Gasteiger partial charge >= 0.3 is 0 Å². The van der Waals surface area contributed by atoms with Crippen molar-refractivity contribution in [1.29, 1.82) is 0 Å². The smallest absolute Gasteiger partial charge is 0.261 e. The van der Waals surface area contributed by atoms with Crippen LogP contribution < -0.4 is 4.72 Å². The highest BCUT2D eigenvalue weighted by Gasteiger charge is 2.17. The lowest BCUT2D eigenvalue weighted by molar-refractivity contribution is 0.597. The number of rotatable bonds is 3. The fraction of sp³-hybridized carbons (Fsp3) is 0.0769. The molecule has 3 nitrogen and oxygen atoms in total. The lowest BCUT2D eigenvalue weighted by Crippen LogP contribution is -2.14. The predicted octanol–water partition coefficient (Wildman–Crippen LogP) is 3.07. The molecular weight excluding hydrogens is 272 g/mol. The van der Waals surface area contributed by atoms with E-state index in [9.17, 15) is 17.2 Å². The molecule has 2 rings (SSSR count). The van der Waals surface area contributed by atoms with Gasteiger partial charge in [0.25, 0.3) is 10.0 Å². The Morgan fingerprint density at radius 2 is 1.63 bits per heavy atom. The van der Waals surface area contributed by atoms with Gasteiger partial charge in [-0.25, -0.2) is 17.2 Å². The van der Waals surface area contributed by atoms with Crippen molar-refractivity contribution >= 4 is 15.7 Å². The molecule has 1 N–H and O–H groups in total. The molecule has 100 valence electrons. The van der Waals surface area contributed by atoms with Crippen LogP contribution in [0.3, 0.4) is 0 Å². The zero-order valence-electron chi connectivity index (χ0n) is 10.0. The molecule has 0 amide bonds. The number of anilines is 1. The van der Waals surface area contributed by atoms with E-state index < -0.39 is 21.7 Å². The fourth-order valence-corrected chi connectivity index (χ4v) is 2.71. The molecule has 0 unspecified atom stereocenters. The SMILES string of the molecule is Cc1cccc(F)c1NS(=O)(=O)c1ccc(F)cc1. The highest BCUT2D eigenvalue weighted by atomic mass is 32.2. The standard InChI is InChI=1S/C13H11F2NO2S/c1-9-3-2-4-12(15)13(9)16-19(17,18)11-7-5-10(14)6-8-11/h2-8,16H,1H3. The van der Waals surface area contributed by atoms with Gasteiger partial charge in [-0.15, -0.1) is 0 Å². The highest BCUT2D eigenvalue weighted by molar-refractivity contribution is 7.92. The van der Waals surface area contributed by atoms with Gasteiger partial charge in [0, 0.05) is 0 Å². The van der Waals surface area contributed by atoms with Crippen LogP contribution in [0.5, 0.6) is 0 Å². The average molecular weight is 283 g/mol. The number of nitrogens with one attached hydrogen (secondary N) is 1. The zero-order valence-corrected chi connectivity index (χ0v) is 10.8. The largest absolute Gasteiger partial charge is 0.276 e. The Hall–Kier alpha value is -1.95. The van der Waals surface area contributed by atoms with Gasteiger partial charge in [-0.2, -0.15) is 0 Å². The lowest BCUT2D eigenvalue weighted by Gasteiger charge is -2.11. The number of benzene rings is 2. The first-order chi connectivity index (χ1) is 8.90. The Morgan fingerprint density at radius 3 is 2.21 bits per heavy atom. The van der Waals surface area contributed by atoms with Crippen LogP contribution in [0.4, 0.5) is 14.5 Å². The number of para-hydroxylation sites is 1. The summed E-state index contributed by atoms with van der Waals surface area (Å²) >= 11 is 0. The van der Waals surface area contributed by atoms with E-state index in [0.717, 1.165) is 30.3 Å². The third-order valence-electron chi connectivity index (χ3n) is 2.58. The second-order valence-electron chi connectivity index (χ2n) is 3.99. The first-order valence-corrected chi connectivity index (χ1v) is 6.92. The topological polar surface area (TPSA) is 46.2 Å². The Bertz CT molecular complexity index is 677. The van der Waals surface area contributed by atoms with Crippen LogP contribution in [-0.4, -0.2) is 8.42 Å². The summed E-state index contributed by atoms with van der Waals surface area (Å²) < 4.78 is 52.5. The molecule has 0 aliphatic heterocycles. The van der Waals surface area contributed by atoms with Crippen molar-refractivity contribution < 1.29 is 17.2 Å². The van der Waals surface area contributed by atoms with Crippen molar-refractivity contribution in [3.63, 3.8) is 0 Å². The van der Waals surface area contributed by atoms with Gasteiger partial charge in [0.2, 0.25) is 0 Å². The molecule has 0 saturated heterocycles. The van der Waals surface area contributed by atoms with Crippen molar-refractivity contribution in [2.24, 2.45) is 0 Å². The Kier molecular flexibility index (Phi) is 3.53. The summed E-state index contributed by atoms with van der Waals surface area (Å²) in [6.07, 6.45) is 0. The van der Waals surface area contributed by atoms with E-state index in [2.05, 4.69) is 4.72 Å². The highest BCUT2D eigenvalue weighted by Crippen LogP contribution is 2.22. The summed E-state index contributed by atoms with van der Waals surface area (Å²) in [5.41, 5.74) is 0.359. The van der Waals surface area contributed by atoms with Crippen molar-refractivity contribution in [2.45, 2.75) is 11.8 Å². The molecule has 0 fully saturated rings. The van der Waals surface area contributed by atoms with Crippen molar-refractivity contribution in [2.75, 3.05) is 4.72 Å². The van der Waals surface area contributed by atoms with E-state index in [1.807, 2.05) is 0 Å². The first-order valence-electron chi connectivity index (χ1n) is 5.43. The van der Waals surface area contributed by atoms with Crippen LogP contribution in [0.25, 0.3) is 0 Å². The molecule has 0 spiro atoms. The van der Waals surface area contributed by atoms with Crippen molar-refractivity contribution in [3.05, 3.63) is 59.7 Å². The number of sulfonamides is 1. The molecule has 0 atom stereocenters. The molecule has 0 aliphatic rings. The van der Waals surface area contributed by atoms with Crippen LogP contribution in [-0.2, 0) is 10.0 Å². The molecular formula is C13H11F2NO2S. The van der Waals surface area contributed by atoms with Gasteiger partial charge in [-0.05, 0) is 42.8 Å². The third kappa shape index (κ3) is 2.90. The zero-order chi connectivity index (χ0) is 14.0. The van der Waals surface area contributed by atoms with Crippen LogP contribution in [0.15, 0.2) is 47.4 Å². The summed E-state index contributed by atoms with van der Waals surface area (Å²) in [7, 11) is -3.93. The number of aryl methyl sites for hydroxylation is 1. The van der Waals surface area contributed by atoms with E-state index in [1.54, 1.807) is 13.0 Å². The quantitative estimate of drug-likeness (QED) is 0.941. The second-order valence-corrected chi connectivity index (χ2v) is 5.67. The van der Waals surface area contributed by atoms with Gasteiger partial charge in [-0.1, -0.05) is 12.1 Å². The molecule has 19 heavy (non-hydrogen) atoms.